The van der Waals surface area contributed by atoms with E-state index in [0.29, 0.717) is 6.42 Å². The lowest BCUT2D eigenvalue weighted by molar-refractivity contribution is -0.143. The zero-order valence-electron chi connectivity index (χ0n) is 12.9. The largest absolute Gasteiger partial charge is 0.469 e. The van der Waals surface area contributed by atoms with Crippen LogP contribution in [0.4, 0.5) is 0 Å². The summed E-state index contributed by atoms with van der Waals surface area (Å²) in [5.41, 5.74) is 2.45. The number of rotatable bonds is 7. The average Bonchev–Trinajstić information content (AvgIpc) is 2.58. The first-order chi connectivity index (χ1) is 10.8. The van der Waals surface area contributed by atoms with Crippen LogP contribution in [-0.4, -0.2) is 13.1 Å². The summed E-state index contributed by atoms with van der Waals surface area (Å²) < 4.78 is 4.91. The molecule has 0 spiro atoms. The summed E-state index contributed by atoms with van der Waals surface area (Å²) in [4.78, 5) is 11.9. The van der Waals surface area contributed by atoms with Crippen LogP contribution in [0.3, 0.4) is 0 Å². The molecule has 0 heterocycles. The summed E-state index contributed by atoms with van der Waals surface area (Å²) in [6, 6.07) is 20.4. The third-order valence-corrected chi connectivity index (χ3v) is 3.61. The smallest absolute Gasteiger partial charge is 0.312 e. The Morgan fingerprint density at radius 3 is 2.18 bits per heavy atom. The van der Waals surface area contributed by atoms with E-state index in [9.17, 15) is 4.79 Å². The van der Waals surface area contributed by atoms with Crippen LogP contribution in [0.15, 0.2) is 72.8 Å². The van der Waals surface area contributed by atoms with Crippen LogP contribution in [0.2, 0.25) is 0 Å². The van der Waals surface area contributed by atoms with E-state index in [4.69, 9.17) is 4.74 Å². The van der Waals surface area contributed by atoms with Gasteiger partial charge in [0.25, 0.3) is 0 Å². The Hall–Kier alpha value is -2.35. The highest BCUT2D eigenvalue weighted by atomic mass is 16.5. The van der Waals surface area contributed by atoms with Gasteiger partial charge in [-0.2, -0.15) is 0 Å². The highest BCUT2D eigenvalue weighted by Crippen LogP contribution is 2.13. The van der Waals surface area contributed by atoms with Gasteiger partial charge in [-0.25, -0.2) is 0 Å². The van der Waals surface area contributed by atoms with Crippen LogP contribution in [0, 0.1) is 5.92 Å². The van der Waals surface area contributed by atoms with Gasteiger partial charge in [0.05, 0.1) is 13.0 Å². The van der Waals surface area contributed by atoms with Gasteiger partial charge in [0.2, 0.25) is 0 Å². The first kappa shape index (κ1) is 16.0. The summed E-state index contributed by atoms with van der Waals surface area (Å²) in [7, 11) is 1.44. The second kappa shape index (κ2) is 8.83. The molecule has 1 atom stereocenters. The molecule has 0 N–H and O–H groups in total. The molecule has 22 heavy (non-hydrogen) atoms. The Morgan fingerprint density at radius 2 is 1.59 bits per heavy atom. The van der Waals surface area contributed by atoms with Crippen molar-refractivity contribution < 1.29 is 9.53 Å². The summed E-state index contributed by atoms with van der Waals surface area (Å²) in [6.07, 6.45) is 6.64. The van der Waals surface area contributed by atoms with Gasteiger partial charge in [0.1, 0.15) is 0 Å². The first-order valence-corrected chi connectivity index (χ1v) is 7.62. The molecule has 2 nitrogen and oxygen atoms in total. The quantitative estimate of drug-likeness (QED) is 0.565. The number of allylic oxidation sites excluding steroid dienone is 1. The Bertz CT molecular complexity index is 588. The SMILES string of the molecule is COC(=O)[C@@H](/C=C/CCc1ccccc1)Cc1ccccc1. The Balaban J connectivity index is 1.92. The average molecular weight is 294 g/mol. The van der Waals surface area contributed by atoms with Crippen LogP contribution in [0.1, 0.15) is 17.5 Å². The number of esters is 1. The summed E-state index contributed by atoms with van der Waals surface area (Å²) in [5, 5.41) is 0. The van der Waals surface area contributed by atoms with Crippen LogP contribution in [0.5, 0.6) is 0 Å². The number of benzene rings is 2. The molecule has 2 aromatic carbocycles. The van der Waals surface area contributed by atoms with E-state index >= 15 is 0 Å². The number of methoxy groups -OCH3 is 1. The second-order valence-electron chi connectivity index (χ2n) is 5.27. The number of ether oxygens (including phenoxy) is 1. The zero-order valence-corrected chi connectivity index (χ0v) is 12.9. The van der Waals surface area contributed by atoms with E-state index in [0.717, 1.165) is 18.4 Å². The molecule has 2 aromatic rings. The van der Waals surface area contributed by atoms with Crippen molar-refractivity contribution in [1.29, 1.82) is 0 Å². The van der Waals surface area contributed by atoms with Gasteiger partial charge < -0.3 is 4.74 Å². The van der Waals surface area contributed by atoms with E-state index in [1.807, 2.05) is 54.6 Å². The molecule has 0 aliphatic heterocycles. The number of carbonyl (C=O) groups is 1. The second-order valence-corrected chi connectivity index (χ2v) is 5.27. The number of carbonyl (C=O) groups excluding carboxylic acids is 1. The maximum absolute atomic E-state index is 11.9. The van der Waals surface area contributed by atoms with Crippen LogP contribution in [-0.2, 0) is 22.4 Å². The molecule has 0 bridgehead atoms. The Labute approximate surface area is 132 Å². The van der Waals surface area contributed by atoms with Crippen molar-refractivity contribution in [1.82, 2.24) is 0 Å². The van der Waals surface area contributed by atoms with E-state index < -0.39 is 0 Å². The molecular weight excluding hydrogens is 272 g/mol. The lowest BCUT2D eigenvalue weighted by Gasteiger charge is -2.10. The van der Waals surface area contributed by atoms with Gasteiger partial charge in [-0.1, -0.05) is 72.8 Å². The maximum Gasteiger partial charge on any atom is 0.312 e. The van der Waals surface area contributed by atoms with Gasteiger partial charge in [0, 0.05) is 0 Å². The fourth-order valence-corrected chi connectivity index (χ4v) is 2.40. The summed E-state index contributed by atoms with van der Waals surface area (Å²) in [6.45, 7) is 0. The van der Waals surface area contributed by atoms with Gasteiger partial charge in [-0.15, -0.1) is 0 Å². The van der Waals surface area contributed by atoms with E-state index in [2.05, 4.69) is 18.2 Å². The van der Waals surface area contributed by atoms with Crippen molar-refractivity contribution in [2.24, 2.45) is 5.92 Å². The Morgan fingerprint density at radius 1 is 1.00 bits per heavy atom. The maximum atomic E-state index is 11.9. The molecular formula is C20H22O2. The van der Waals surface area contributed by atoms with Gasteiger partial charge in [-0.05, 0) is 30.4 Å². The molecule has 0 amide bonds. The predicted octanol–water partition coefficient (Wildman–Crippen LogP) is 4.21. The monoisotopic (exact) mass is 294 g/mol. The van der Waals surface area contributed by atoms with Crippen LogP contribution >= 0.6 is 0 Å². The topological polar surface area (TPSA) is 26.3 Å². The van der Waals surface area contributed by atoms with E-state index in [1.165, 1.54) is 12.7 Å². The van der Waals surface area contributed by atoms with Crippen LogP contribution in [0.25, 0.3) is 0 Å². The molecule has 0 saturated heterocycles. The molecule has 0 aliphatic rings. The van der Waals surface area contributed by atoms with Crippen molar-refractivity contribution in [2.75, 3.05) is 7.11 Å². The minimum absolute atomic E-state index is 0.181. The lowest BCUT2D eigenvalue weighted by Crippen LogP contribution is -2.16. The molecule has 0 unspecified atom stereocenters. The van der Waals surface area contributed by atoms with Crippen molar-refractivity contribution in [3.05, 3.63) is 83.9 Å². The molecule has 0 aromatic heterocycles. The molecule has 0 fully saturated rings. The molecule has 0 saturated carbocycles. The van der Waals surface area contributed by atoms with Gasteiger partial charge in [0.15, 0.2) is 0 Å². The standard InChI is InChI=1S/C20H22O2/c1-22-20(21)19(16-18-13-6-3-7-14-18)15-9-8-12-17-10-4-2-5-11-17/h2-7,9-11,13-15,19H,8,12,16H2,1H3/b15-9+/t19-/m0/s1. The molecule has 0 radical (unpaired) electrons. The minimum Gasteiger partial charge on any atom is -0.469 e. The molecule has 2 rings (SSSR count). The normalized spacial score (nSPS) is 12.2. The minimum atomic E-state index is -0.219. The predicted molar refractivity (Wildman–Crippen MR) is 89.6 cm³/mol. The molecule has 0 aliphatic carbocycles. The third kappa shape index (κ3) is 5.21. The number of hydrogen-bond acceptors (Lipinski definition) is 2. The Kier molecular flexibility index (Phi) is 6.43. The number of aryl methyl sites for hydroxylation is 1. The number of hydrogen-bond donors (Lipinski definition) is 0. The highest BCUT2D eigenvalue weighted by molar-refractivity contribution is 5.74. The van der Waals surface area contributed by atoms with Gasteiger partial charge in [-0.3, -0.25) is 4.79 Å². The highest BCUT2D eigenvalue weighted by Gasteiger charge is 2.16. The third-order valence-electron chi connectivity index (χ3n) is 3.61. The lowest BCUT2D eigenvalue weighted by atomic mass is 9.98. The van der Waals surface area contributed by atoms with E-state index in [1.54, 1.807) is 0 Å². The summed E-state index contributed by atoms with van der Waals surface area (Å²) >= 11 is 0. The van der Waals surface area contributed by atoms with Crippen molar-refractivity contribution in [3.8, 4) is 0 Å². The van der Waals surface area contributed by atoms with Gasteiger partial charge >= 0.3 is 5.97 Å². The van der Waals surface area contributed by atoms with Crippen LogP contribution < -0.4 is 0 Å². The van der Waals surface area contributed by atoms with E-state index in [-0.39, 0.29) is 11.9 Å². The molecule has 2 heteroatoms. The summed E-state index contributed by atoms with van der Waals surface area (Å²) in [5.74, 6) is -0.400. The fraction of sp³-hybridized carbons (Fsp3) is 0.250. The van der Waals surface area contributed by atoms with Crippen molar-refractivity contribution >= 4 is 5.97 Å². The molecule has 114 valence electrons. The van der Waals surface area contributed by atoms with Crippen molar-refractivity contribution in [2.45, 2.75) is 19.3 Å². The van der Waals surface area contributed by atoms with Crippen molar-refractivity contribution in [3.63, 3.8) is 0 Å². The fourth-order valence-electron chi connectivity index (χ4n) is 2.40. The zero-order chi connectivity index (χ0) is 15.6. The first-order valence-electron chi connectivity index (χ1n) is 7.62.